The average Bonchev–Trinajstić information content (AvgIpc) is 3.18. The standard InChI is InChI=1S/C25H24N2S2/c1-16-8-10-17(11-9-16)22-20-6-4-2-3-5-7-21(20)23(25-24(22)26-29-27-25)18-12-14-19(28)15-13-18/h8-15,28H,2-7H2,1H3. The van der Waals surface area contributed by atoms with Crippen LogP contribution in [0.4, 0.5) is 0 Å². The van der Waals surface area contributed by atoms with Crippen molar-refractivity contribution >= 4 is 35.4 Å². The van der Waals surface area contributed by atoms with Crippen LogP contribution >= 0.6 is 24.4 Å². The highest BCUT2D eigenvalue weighted by Gasteiger charge is 2.24. The molecule has 3 aromatic carbocycles. The van der Waals surface area contributed by atoms with E-state index < -0.39 is 0 Å². The predicted molar refractivity (Wildman–Crippen MR) is 126 cm³/mol. The Morgan fingerprint density at radius 3 is 1.69 bits per heavy atom. The van der Waals surface area contributed by atoms with Gasteiger partial charge < -0.3 is 0 Å². The lowest BCUT2D eigenvalue weighted by Gasteiger charge is -2.22. The fourth-order valence-electron chi connectivity index (χ4n) is 4.58. The summed E-state index contributed by atoms with van der Waals surface area (Å²) in [5.74, 6) is 0. The molecule has 1 heterocycles. The smallest absolute Gasteiger partial charge is 0.113 e. The summed E-state index contributed by atoms with van der Waals surface area (Å²) < 4.78 is 9.59. The lowest BCUT2D eigenvalue weighted by molar-refractivity contribution is 0.618. The first kappa shape index (κ1) is 18.8. The second-order valence-corrected chi connectivity index (χ2v) is 9.04. The van der Waals surface area contributed by atoms with E-state index in [4.69, 9.17) is 8.75 Å². The van der Waals surface area contributed by atoms with Gasteiger partial charge in [0.05, 0.1) is 11.7 Å². The van der Waals surface area contributed by atoms with Gasteiger partial charge in [-0.05, 0) is 67.0 Å². The molecule has 0 saturated heterocycles. The van der Waals surface area contributed by atoms with Gasteiger partial charge in [0.25, 0.3) is 0 Å². The molecule has 0 fully saturated rings. The van der Waals surface area contributed by atoms with Crippen LogP contribution in [-0.4, -0.2) is 8.75 Å². The number of aromatic nitrogens is 2. The Hall–Kier alpha value is -2.17. The highest BCUT2D eigenvalue weighted by molar-refractivity contribution is 7.80. The van der Waals surface area contributed by atoms with Gasteiger partial charge in [-0.1, -0.05) is 54.8 Å². The first-order valence-electron chi connectivity index (χ1n) is 10.4. The molecule has 0 saturated carbocycles. The highest BCUT2D eigenvalue weighted by atomic mass is 32.1. The molecule has 4 aromatic rings. The number of fused-ring (bicyclic) bond motifs is 2. The van der Waals surface area contributed by atoms with Crippen molar-refractivity contribution in [2.75, 3.05) is 0 Å². The molecule has 0 bridgehead atoms. The molecular formula is C25H24N2S2. The molecule has 146 valence electrons. The summed E-state index contributed by atoms with van der Waals surface area (Å²) in [6.45, 7) is 2.14. The maximum absolute atomic E-state index is 4.80. The van der Waals surface area contributed by atoms with Crippen LogP contribution < -0.4 is 0 Å². The van der Waals surface area contributed by atoms with E-state index in [2.05, 4.69) is 68.1 Å². The lowest BCUT2D eigenvalue weighted by atomic mass is 9.82. The molecule has 1 aliphatic carbocycles. The van der Waals surface area contributed by atoms with Gasteiger partial charge >= 0.3 is 0 Å². The maximum Gasteiger partial charge on any atom is 0.113 e. The summed E-state index contributed by atoms with van der Waals surface area (Å²) in [4.78, 5) is 0.987. The number of aryl methyl sites for hydroxylation is 1. The summed E-state index contributed by atoms with van der Waals surface area (Å²) >= 11 is 5.81. The van der Waals surface area contributed by atoms with Gasteiger partial charge in [0, 0.05) is 16.0 Å². The second-order valence-electron chi connectivity index (χ2n) is 8.00. The van der Waals surface area contributed by atoms with E-state index in [0.717, 1.165) is 28.8 Å². The molecule has 0 amide bonds. The normalized spacial score (nSPS) is 14.4. The van der Waals surface area contributed by atoms with Crippen LogP contribution in [0.3, 0.4) is 0 Å². The average molecular weight is 417 g/mol. The number of hydrogen-bond donors (Lipinski definition) is 1. The van der Waals surface area contributed by atoms with Crippen LogP contribution in [0.1, 0.15) is 42.4 Å². The van der Waals surface area contributed by atoms with Gasteiger partial charge in [-0.3, -0.25) is 0 Å². The Morgan fingerprint density at radius 1 is 0.690 bits per heavy atom. The molecule has 0 unspecified atom stereocenters. The summed E-state index contributed by atoms with van der Waals surface area (Å²) in [7, 11) is 0. The molecule has 0 radical (unpaired) electrons. The molecule has 4 heteroatoms. The molecule has 0 spiro atoms. The summed E-state index contributed by atoms with van der Waals surface area (Å²) in [6, 6.07) is 17.4. The zero-order valence-corrected chi connectivity index (χ0v) is 18.3. The Labute approximate surface area is 181 Å². The second kappa shape index (κ2) is 7.92. The van der Waals surface area contributed by atoms with E-state index in [9.17, 15) is 0 Å². The van der Waals surface area contributed by atoms with Crippen molar-refractivity contribution in [1.29, 1.82) is 0 Å². The van der Waals surface area contributed by atoms with Gasteiger partial charge in [-0.25, -0.2) is 0 Å². The molecule has 0 aliphatic heterocycles. The predicted octanol–water partition coefficient (Wildman–Crippen LogP) is 7.28. The monoisotopic (exact) mass is 416 g/mol. The van der Waals surface area contributed by atoms with Crippen molar-refractivity contribution in [2.45, 2.75) is 50.3 Å². The minimum absolute atomic E-state index is 0.987. The molecule has 2 nitrogen and oxygen atoms in total. The molecule has 29 heavy (non-hydrogen) atoms. The van der Waals surface area contributed by atoms with Crippen LogP contribution in [-0.2, 0) is 12.8 Å². The number of benzene rings is 3. The van der Waals surface area contributed by atoms with Crippen molar-refractivity contribution in [1.82, 2.24) is 8.75 Å². The number of rotatable bonds is 2. The molecule has 1 aliphatic rings. The van der Waals surface area contributed by atoms with E-state index in [1.165, 1.54) is 76.4 Å². The topological polar surface area (TPSA) is 25.8 Å². The highest BCUT2D eigenvalue weighted by Crippen LogP contribution is 2.43. The zero-order chi connectivity index (χ0) is 19.8. The van der Waals surface area contributed by atoms with Crippen molar-refractivity contribution in [2.24, 2.45) is 0 Å². The minimum atomic E-state index is 0.987. The van der Waals surface area contributed by atoms with Crippen molar-refractivity contribution in [3.05, 3.63) is 65.2 Å². The van der Waals surface area contributed by atoms with Crippen LogP contribution in [0.25, 0.3) is 33.3 Å². The van der Waals surface area contributed by atoms with Crippen molar-refractivity contribution in [3.63, 3.8) is 0 Å². The van der Waals surface area contributed by atoms with Gasteiger partial charge in [0.15, 0.2) is 0 Å². The quantitative estimate of drug-likeness (QED) is 0.347. The van der Waals surface area contributed by atoms with Crippen LogP contribution in [0.15, 0.2) is 53.4 Å². The van der Waals surface area contributed by atoms with Gasteiger partial charge in [-0.2, -0.15) is 8.75 Å². The maximum atomic E-state index is 4.80. The third kappa shape index (κ3) is 3.49. The van der Waals surface area contributed by atoms with Gasteiger partial charge in [0.2, 0.25) is 0 Å². The SMILES string of the molecule is Cc1ccc(-c2c3c(c(-c4ccc(S)cc4)c4nsnc24)CCCCCC3)cc1. The summed E-state index contributed by atoms with van der Waals surface area (Å²) in [5, 5.41) is 0. The van der Waals surface area contributed by atoms with Crippen LogP contribution in [0, 0.1) is 6.92 Å². The lowest BCUT2D eigenvalue weighted by Crippen LogP contribution is -2.06. The van der Waals surface area contributed by atoms with Gasteiger partial charge in [0.1, 0.15) is 11.0 Å². The zero-order valence-electron chi connectivity index (χ0n) is 16.6. The Balaban J connectivity index is 1.85. The first-order valence-corrected chi connectivity index (χ1v) is 11.6. The van der Waals surface area contributed by atoms with Crippen LogP contribution in [0.2, 0.25) is 0 Å². The third-order valence-corrected chi connectivity index (χ3v) is 6.86. The third-order valence-electron chi connectivity index (χ3n) is 6.03. The fraction of sp³-hybridized carbons (Fsp3) is 0.280. The Bertz CT molecular complexity index is 1070. The Morgan fingerprint density at radius 2 is 1.17 bits per heavy atom. The molecule has 1 aromatic heterocycles. The number of hydrogen-bond acceptors (Lipinski definition) is 4. The fourth-order valence-corrected chi connectivity index (χ4v) is 5.29. The summed E-state index contributed by atoms with van der Waals surface area (Å²) in [6.07, 6.45) is 7.32. The first-order chi connectivity index (χ1) is 14.2. The van der Waals surface area contributed by atoms with Gasteiger partial charge in [-0.15, -0.1) is 12.6 Å². The summed E-state index contributed by atoms with van der Waals surface area (Å²) in [5.41, 5.74) is 11.4. The largest absolute Gasteiger partial charge is 0.172 e. The Kier molecular flexibility index (Phi) is 5.15. The van der Waals surface area contributed by atoms with Crippen LogP contribution in [0.5, 0.6) is 0 Å². The number of nitrogens with zero attached hydrogens (tertiary/aromatic N) is 2. The van der Waals surface area contributed by atoms with E-state index in [1.807, 2.05) is 0 Å². The van der Waals surface area contributed by atoms with E-state index in [0.29, 0.717) is 0 Å². The minimum Gasteiger partial charge on any atom is -0.172 e. The molecule has 5 rings (SSSR count). The van der Waals surface area contributed by atoms with E-state index in [1.54, 1.807) is 0 Å². The van der Waals surface area contributed by atoms with Crippen molar-refractivity contribution < 1.29 is 0 Å². The number of thiol groups is 1. The molecular weight excluding hydrogens is 392 g/mol. The molecule has 0 atom stereocenters. The molecule has 0 N–H and O–H groups in total. The van der Waals surface area contributed by atoms with E-state index in [-0.39, 0.29) is 0 Å². The van der Waals surface area contributed by atoms with E-state index >= 15 is 0 Å². The van der Waals surface area contributed by atoms with Crippen molar-refractivity contribution in [3.8, 4) is 22.3 Å².